The molecule has 0 N–H and O–H groups in total. The van der Waals surface area contributed by atoms with Gasteiger partial charge in [0.1, 0.15) is 11.8 Å². The molecule has 0 atom stereocenters. The number of benzene rings is 1. The third kappa shape index (κ3) is 2.26. The monoisotopic (exact) mass is 307 g/mol. The van der Waals surface area contributed by atoms with E-state index in [1.807, 2.05) is 6.07 Å². The Balaban J connectivity index is 3.31. The summed E-state index contributed by atoms with van der Waals surface area (Å²) in [7, 11) is 1.55. The van der Waals surface area contributed by atoms with E-state index in [0.29, 0.717) is 17.2 Å². The van der Waals surface area contributed by atoms with Crippen molar-refractivity contribution in [2.45, 2.75) is 5.88 Å². The van der Waals surface area contributed by atoms with Crippen LogP contribution in [-0.2, 0) is 5.88 Å². The lowest BCUT2D eigenvalue weighted by atomic mass is 10.1. The Morgan fingerprint density at radius 2 is 2.31 bits per heavy atom. The summed E-state index contributed by atoms with van der Waals surface area (Å²) in [5, 5.41) is 8.82. The van der Waals surface area contributed by atoms with Crippen LogP contribution in [0.25, 0.3) is 0 Å². The quantitative estimate of drug-likeness (QED) is 0.622. The molecule has 1 rings (SSSR count). The number of hydrogen-bond donors (Lipinski definition) is 0. The van der Waals surface area contributed by atoms with Gasteiger partial charge in [-0.3, -0.25) is 0 Å². The molecule has 1 aromatic carbocycles. The summed E-state index contributed by atoms with van der Waals surface area (Å²) in [5.74, 6) is 1.03. The van der Waals surface area contributed by atoms with E-state index in [-0.39, 0.29) is 0 Å². The highest BCUT2D eigenvalue weighted by Gasteiger charge is 2.08. The van der Waals surface area contributed by atoms with E-state index >= 15 is 0 Å². The Hall–Kier alpha value is -0.470. The Morgan fingerprint density at radius 1 is 1.62 bits per heavy atom. The van der Waals surface area contributed by atoms with Crippen molar-refractivity contribution in [3.63, 3.8) is 0 Å². The Labute approximate surface area is 95.6 Å². The van der Waals surface area contributed by atoms with Gasteiger partial charge >= 0.3 is 0 Å². The molecule has 0 saturated heterocycles. The topological polar surface area (TPSA) is 33.0 Å². The number of methoxy groups -OCH3 is 1. The molecule has 2 nitrogen and oxygen atoms in total. The standard InChI is InChI=1S/C9H7ClINO/c1-13-9-7(5-12)2-6(4-10)3-8(9)11/h2-3H,4H2,1H3. The van der Waals surface area contributed by atoms with Crippen molar-refractivity contribution in [1.29, 1.82) is 5.26 Å². The van der Waals surface area contributed by atoms with Crippen LogP contribution < -0.4 is 4.74 Å². The van der Waals surface area contributed by atoms with Gasteiger partial charge < -0.3 is 4.74 Å². The first-order chi connectivity index (χ1) is 6.22. The smallest absolute Gasteiger partial charge is 0.149 e. The normalized spacial score (nSPS) is 9.38. The Bertz CT molecular complexity index is 359. The lowest BCUT2D eigenvalue weighted by Crippen LogP contribution is -1.93. The second kappa shape index (κ2) is 4.68. The molecule has 0 aliphatic rings. The van der Waals surface area contributed by atoms with Crippen LogP contribution >= 0.6 is 34.2 Å². The fraction of sp³-hybridized carbons (Fsp3) is 0.222. The van der Waals surface area contributed by atoms with Gasteiger partial charge in [-0.2, -0.15) is 5.26 Å². The van der Waals surface area contributed by atoms with E-state index in [0.717, 1.165) is 9.13 Å². The highest BCUT2D eigenvalue weighted by atomic mass is 127. The zero-order chi connectivity index (χ0) is 9.84. The summed E-state index contributed by atoms with van der Waals surface area (Å²) in [6.07, 6.45) is 0. The van der Waals surface area contributed by atoms with Crippen LogP contribution in [-0.4, -0.2) is 7.11 Å². The maximum atomic E-state index is 8.82. The van der Waals surface area contributed by atoms with Crippen LogP contribution in [0.2, 0.25) is 0 Å². The zero-order valence-corrected chi connectivity index (χ0v) is 9.89. The molecule has 0 bridgehead atoms. The van der Waals surface area contributed by atoms with Crippen molar-refractivity contribution in [2.24, 2.45) is 0 Å². The number of alkyl halides is 1. The first-order valence-electron chi connectivity index (χ1n) is 3.55. The van der Waals surface area contributed by atoms with Gasteiger partial charge in [-0.05, 0) is 40.3 Å². The molecule has 0 radical (unpaired) electrons. The third-order valence-corrected chi connectivity index (χ3v) is 2.69. The summed E-state index contributed by atoms with van der Waals surface area (Å²) < 4.78 is 6.01. The highest BCUT2D eigenvalue weighted by molar-refractivity contribution is 14.1. The molecule has 0 fully saturated rings. The van der Waals surface area contributed by atoms with Crippen LogP contribution in [0.1, 0.15) is 11.1 Å². The molecule has 0 spiro atoms. The van der Waals surface area contributed by atoms with Crippen LogP contribution in [0, 0.1) is 14.9 Å². The third-order valence-electron chi connectivity index (χ3n) is 1.58. The van der Waals surface area contributed by atoms with E-state index in [2.05, 4.69) is 28.7 Å². The predicted octanol–water partition coefficient (Wildman–Crippen LogP) is 2.91. The fourth-order valence-electron chi connectivity index (χ4n) is 1.02. The average Bonchev–Trinajstić information content (AvgIpc) is 2.16. The van der Waals surface area contributed by atoms with Gasteiger partial charge in [0.2, 0.25) is 0 Å². The molecular formula is C9H7ClINO. The minimum absolute atomic E-state index is 0.411. The number of ether oxygens (including phenoxy) is 1. The highest BCUT2D eigenvalue weighted by Crippen LogP contribution is 2.27. The summed E-state index contributed by atoms with van der Waals surface area (Å²) in [4.78, 5) is 0. The van der Waals surface area contributed by atoms with E-state index in [1.165, 1.54) is 0 Å². The summed E-state index contributed by atoms with van der Waals surface area (Å²) in [6, 6.07) is 5.73. The van der Waals surface area contributed by atoms with Gasteiger partial charge in [-0.25, -0.2) is 0 Å². The molecule has 68 valence electrons. The van der Waals surface area contributed by atoms with Crippen molar-refractivity contribution in [1.82, 2.24) is 0 Å². The number of nitriles is 1. The minimum Gasteiger partial charge on any atom is -0.494 e. The molecule has 1 aromatic rings. The summed E-state index contributed by atoms with van der Waals surface area (Å²) in [5.41, 5.74) is 1.47. The number of halogens is 2. The largest absolute Gasteiger partial charge is 0.494 e. The van der Waals surface area contributed by atoms with Gasteiger partial charge in [0.15, 0.2) is 0 Å². The number of hydrogen-bond acceptors (Lipinski definition) is 2. The van der Waals surface area contributed by atoms with E-state index < -0.39 is 0 Å². The Morgan fingerprint density at radius 3 is 2.77 bits per heavy atom. The lowest BCUT2D eigenvalue weighted by Gasteiger charge is -2.06. The van der Waals surface area contributed by atoms with Gasteiger partial charge in [0.05, 0.1) is 16.2 Å². The predicted molar refractivity (Wildman–Crippen MR) is 60.0 cm³/mol. The van der Waals surface area contributed by atoms with Crippen LogP contribution in [0.5, 0.6) is 5.75 Å². The van der Waals surface area contributed by atoms with Gasteiger partial charge in [-0.15, -0.1) is 11.6 Å². The average molecular weight is 308 g/mol. The number of nitrogens with zero attached hydrogens (tertiary/aromatic N) is 1. The minimum atomic E-state index is 0.411. The second-order valence-electron chi connectivity index (χ2n) is 2.40. The molecule has 0 aliphatic heterocycles. The van der Waals surface area contributed by atoms with E-state index in [9.17, 15) is 0 Å². The second-order valence-corrected chi connectivity index (χ2v) is 3.83. The van der Waals surface area contributed by atoms with Crippen LogP contribution in [0.15, 0.2) is 12.1 Å². The molecule has 0 heterocycles. The maximum Gasteiger partial charge on any atom is 0.149 e. The van der Waals surface area contributed by atoms with E-state index in [4.69, 9.17) is 21.6 Å². The lowest BCUT2D eigenvalue weighted by molar-refractivity contribution is 0.410. The van der Waals surface area contributed by atoms with Crippen LogP contribution in [0.4, 0.5) is 0 Å². The first-order valence-corrected chi connectivity index (χ1v) is 5.16. The molecule has 0 aromatic heterocycles. The van der Waals surface area contributed by atoms with Crippen molar-refractivity contribution in [2.75, 3.05) is 7.11 Å². The van der Waals surface area contributed by atoms with E-state index in [1.54, 1.807) is 13.2 Å². The Kier molecular flexibility index (Phi) is 3.82. The number of rotatable bonds is 2. The molecule has 0 aliphatic carbocycles. The molecule has 0 saturated carbocycles. The SMILES string of the molecule is COc1c(I)cc(CCl)cc1C#N. The van der Waals surface area contributed by atoms with Gasteiger partial charge in [0, 0.05) is 5.88 Å². The summed E-state index contributed by atoms with van der Waals surface area (Å²) in [6.45, 7) is 0. The van der Waals surface area contributed by atoms with Crippen LogP contribution in [0.3, 0.4) is 0 Å². The van der Waals surface area contributed by atoms with Gasteiger partial charge in [0.25, 0.3) is 0 Å². The van der Waals surface area contributed by atoms with Crippen molar-refractivity contribution < 1.29 is 4.74 Å². The molecule has 13 heavy (non-hydrogen) atoms. The van der Waals surface area contributed by atoms with Crippen molar-refractivity contribution in [3.05, 3.63) is 26.8 Å². The first kappa shape index (κ1) is 10.6. The van der Waals surface area contributed by atoms with Crippen molar-refractivity contribution >= 4 is 34.2 Å². The molecule has 4 heteroatoms. The fourth-order valence-corrected chi connectivity index (χ4v) is 2.08. The molecule has 0 unspecified atom stereocenters. The maximum absolute atomic E-state index is 8.82. The van der Waals surface area contributed by atoms with Crippen molar-refractivity contribution in [3.8, 4) is 11.8 Å². The summed E-state index contributed by atoms with van der Waals surface area (Å²) >= 11 is 7.79. The van der Waals surface area contributed by atoms with Gasteiger partial charge in [-0.1, -0.05) is 0 Å². The molecular weight excluding hydrogens is 300 g/mol. The zero-order valence-electron chi connectivity index (χ0n) is 6.97. The molecule has 0 amide bonds.